The number of aromatic hydroxyl groups is 1. The maximum absolute atomic E-state index is 15.8. The number of fused-ring (bicyclic) bond motifs is 1. The molecule has 12 aliphatic rings. The third-order valence-electron chi connectivity index (χ3n) is 21.9. The number of hydrogen-bond donors (Lipinski definition) is 8. The lowest BCUT2D eigenvalue weighted by Gasteiger charge is -2.71. The minimum atomic E-state index is -1.90. The molecule has 1 amide bonds. The average Bonchev–Trinajstić information content (AvgIpc) is 3.88. The molecule has 8 N–H and O–H groups in total. The van der Waals surface area contributed by atoms with Gasteiger partial charge >= 0.3 is 0 Å². The number of nitrogens with zero attached hydrogens (tertiary/aromatic N) is 1. The Morgan fingerprint density at radius 3 is 2.42 bits per heavy atom. The molecule has 67 heavy (non-hydrogen) atoms. The maximum Gasteiger partial charge on any atom is 0.233 e. The smallest absolute Gasteiger partial charge is 0.233 e. The lowest BCUT2D eigenvalue weighted by Crippen LogP contribution is -2.75. The molecule has 5 saturated carbocycles. The Morgan fingerprint density at radius 1 is 0.910 bits per heavy atom. The summed E-state index contributed by atoms with van der Waals surface area (Å²) in [5.74, 6) is -1.65. The van der Waals surface area contributed by atoms with Crippen LogP contribution in [0.3, 0.4) is 0 Å². The van der Waals surface area contributed by atoms with Gasteiger partial charge < -0.3 is 50.5 Å². The SMILES string of the molecule is CC(C)C(C)C1OC1C1(O)CC=CC2CC34CCC5C(O)(CO)C(O)CC6(CSSC(CO)C7CCCC(CO)C78CCN(C8=O)c7cc(O)cc(c7)CCC27C1CCC7(O)C3=CC6=O)C54C. The van der Waals surface area contributed by atoms with Crippen molar-refractivity contribution < 1.29 is 55.2 Å². The van der Waals surface area contributed by atoms with Crippen molar-refractivity contribution >= 4 is 39.0 Å². The summed E-state index contributed by atoms with van der Waals surface area (Å²) in [5.41, 5.74) is -7.92. The predicted octanol–water partition coefficient (Wildman–Crippen LogP) is 5.50. The van der Waals surface area contributed by atoms with Crippen LogP contribution >= 0.6 is 21.6 Å². The van der Waals surface area contributed by atoms with Crippen LogP contribution in [-0.4, -0.2) is 125 Å². The van der Waals surface area contributed by atoms with Crippen molar-refractivity contribution in [3.63, 3.8) is 0 Å². The molecule has 8 bridgehead atoms. The first-order valence-corrected chi connectivity index (χ1v) is 27.9. The molecule has 18 unspecified atom stereocenters. The average molecular weight is 964 g/mol. The van der Waals surface area contributed by atoms with E-state index in [0.717, 1.165) is 12.0 Å². The van der Waals surface area contributed by atoms with E-state index >= 15 is 9.59 Å². The number of amides is 1. The molecule has 368 valence electrons. The molecule has 5 aliphatic heterocycles. The van der Waals surface area contributed by atoms with Crippen LogP contribution in [0.1, 0.15) is 110 Å². The molecule has 4 spiro atoms. The maximum atomic E-state index is 15.8. The van der Waals surface area contributed by atoms with Gasteiger partial charge in [-0.15, -0.1) is 0 Å². The van der Waals surface area contributed by atoms with E-state index in [9.17, 15) is 40.9 Å². The van der Waals surface area contributed by atoms with Gasteiger partial charge in [-0.2, -0.15) is 0 Å². The summed E-state index contributed by atoms with van der Waals surface area (Å²) in [5, 5.41) is 96.9. The van der Waals surface area contributed by atoms with Gasteiger partial charge in [-0.05, 0) is 147 Å². The van der Waals surface area contributed by atoms with Crippen LogP contribution < -0.4 is 4.90 Å². The van der Waals surface area contributed by atoms with Crippen molar-refractivity contribution in [2.24, 2.45) is 68.5 Å². The van der Waals surface area contributed by atoms with Crippen molar-refractivity contribution in [3.8, 4) is 5.75 Å². The summed E-state index contributed by atoms with van der Waals surface area (Å²) in [6.07, 6.45) is 9.94. The number of benzene rings is 1. The Balaban J connectivity index is 1.13. The van der Waals surface area contributed by atoms with E-state index in [2.05, 4.69) is 39.8 Å². The highest BCUT2D eigenvalue weighted by Gasteiger charge is 2.84. The van der Waals surface area contributed by atoms with Crippen molar-refractivity contribution in [2.45, 2.75) is 152 Å². The topological polar surface area (TPSA) is 212 Å². The molecule has 12 nitrogen and oxygen atoms in total. The lowest BCUT2D eigenvalue weighted by atomic mass is 9.33. The van der Waals surface area contributed by atoms with Gasteiger partial charge in [0.15, 0.2) is 5.78 Å². The summed E-state index contributed by atoms with van der Waals surface area (Å²) in [4.78, 5) is 32.9. The summed E-state index contributed by atoms with van der Waals surface area (Å²) in [6.45, 7) is 7.90. The van der Waals surface area contributed by atoms with Crippen LogP contribution in [0.15, 0.2) is 42.0 Å². The molecule has 1 aromatic rings. The Kier molecular flexibility index (Phi) is 11.1. The second kappa shape index (κ2) is 15.8. The Bertz CT molecular complexity index is 2280. The van der Waals surface area contributed by atoms with Crippen LogP contribution in [0, 0.1) is 68.5 Å². The van der Waals surface area contributed by atoms with E-state index in [1.54, 1.807) is 23.1 Å². The van der Waals surface area contributed by atoms with Gasteiger partial charge in [-0.25, -0.2) is 0 Å². The van der Waals surface area contributed by atoms with Crippen LogP contribution in [0.5, 0.6) is 5.75 Å². The molecule has 1 aromatic carbocycles. The number of allylic oxidation sites excluding steroid dienone is 2. The number of carbonyl (C=O) groups excluding carboxylic acids is 2. The van der Waals surface area contributed by atoms with Crippen molar-refractivity contribution in [2.75, 3.05) is 37.0 Å². The zero-order chi connectivity index (χ0) is 47.5. The van der Waals surface area contributed by atoms with Crippen molar-refractivity contribution in [1.29, 1.82) is 0 Å². The predicted molar refractivity (Wildman–Crippen MR) is 256 cm³/mol. The van der Waals surface area contributed by atoms with E-state index in [-0.39, 0.29) is 72.6 Å². The van der Waals surface area contributed by atoms with Gasteiger partial charge in [0.25, 0.3) is 0 Å². The highest BCUT2D eigenvalue weighted by molar-refractivity contribution is 8.77. The Hall–Kier alpha value is -1.98. The zero-order valence-electron chi connectivity index (χ0n) is 39.6. The molecule has 0 radical (unpaired) electrons. The first-order valence-electron chi connectivity index (χ1n) is 25.5. The van der Waals surface area contributed by atoms with Gasteiger partial charge in [0.1, 0.15) is 23.1 Å². The number of aliphatic hydroxyl groups excluding tert-OH is 4. The van der Waals surface area contributed by atoms with E-state index in [4.69, 9.17) is 4.74 Å². The molecule has 2 saturated heterocycles. The highest BCUT2D eigenvalue weighted by atomic mass is 33.1. The number of epoxide rings is 1. The Morgan fingerprint density at radius 2 is 1.69 bits per heavy atom. The van der Waals surface area contributed by atoms with Crippen molar-refractivity contribution in [3.05, 3.63) is 47.6 Å². The molecule has 7 aliphatic carbocycles. The number of ether oxygens (including phenoxy) is 1. The minimum Gasteiger partial charge on any atom is -0.508 e. The van der Waals surface area contributed by atoms with Gasteiger partial charge in [0.2, 0.25) is 5.91 Å². The van der Waals surface area contributed by atoms with Gasteiger partial charge in [0, 0.05) is 52.7 Å². The second-order valence-electron chi connectivity index (χ2n) is 23.9. The molecular formula is C53H73NO11S2. The second-order valence-corrected chi connectivity index (χ2v) is 26.5. The molecule has 18 atom stereocenters. The van der Waals surface area contributed by atoms with E-state index in [1.165, 1.54) is 21.6 Å². The van der Waals surface area contributed by atoms with E-state index in [1.807, 2.05) is 6.07 Å². The standard InChI is InChI=1S/C53H73NO11S2/c1-29(2)30(3)43-44(65-43)51(62)13-6-8-32-23-47-14-11-38-46(47,4)48(24-42(60)52(38,63)27-57)28-66-67-37(26-56)36-9-5-7-33(25-55)49(36)17-18-54(45(49)61)34-19-31(20-35(58)21-34)10-15-50(32)39(51)12-16-53(50,64)40(47)22-41(48)59/h6,8,19-22,29-30,32-33,36-39,42-44,55-58,60,62-64H,5,7,9-18,23-28H2,1-4H3. The summed E-state index contributed by atoms with van der Waals surface area (Å²) in [7, 11) is 2.94. The largest absolute Gasteiger partial charge is 0.508 e. The molecule has 0 aromatic heterocycles. The highest BCUT2D eigenvalue weighted by Crippen LogP contribution is 2.84. The monoisotopic (exact) mass is 963 g/mol. The summed E-state index contributed by atoms with van der Waals surface area (Å²) < 4.78 is 6.53. The minimum absolute atomic E-state index is 0.0106. The summed E-state index contributed by atoms with van der Waals surface area (Å²) in [6, 6.07) is 5.33. The van der Waals surface area contributed by atoms with Crippen LogP contribution in [0.4, 0.5) is 5.69 Å². The third kappa shape index (κ3) is 5.80. The van der Waals surface area contributed by atoms with Crippen molar-refractivity contribution in [1.82, 2.24) is 0 Å². The fourth-order valence-electron chi connectivity index (χ4n) is 18.4. The van der Waals surface area contributed by atoms with E-state index < -0.39 is 79.8 Å². The molecule has 13 rings (SSSR count). The number of aliphatic hydroxyl groups is 7. The number of phenolic OH excluding ortho intramolecular Hbond substituents is 1. The molecule has 7 fully saturated rings. The number of aryl methyl sites for hydroxylation is 1. The number of carbonyl (C=O) groups is 2. The number of phenols is 1. The number of rotatable bonds is 6. The normalized spacial score (nSPS) is 50.2. The molecular weight excluding hydrogens is 891 g/mol. The van der Waals surface area contributed by atoms with Crippen LogP contribution in [-0.2, 0) is 20.7 Å². The quantitative estimate of drug-likeness (QED) is 0.101. The molecule has 14 heteroatoms. The van der Waals surface area contributed by atoms with Crippen LogP contribution in [0.25, 0.3) is 0 Å². The van der Waals surface area contributed by atoms with Gasteiger partial charge in [0.05, 0.1) is 41.9 Å². The van der Waals surface area contributed by atoms with Crippen LogP contribution in [0.2, 0.25) is 0 Å². The first-order chi connectivity index (χ1) is 31.8. The number of anilines is 1. The lowest BCUT2D eigenvalue weighted by molar-refractivity contribution is -0.256. The van der Waals surface area contributed by atoms with E-state index in [0.29, 0.717) is 94.4 Å². The van der Waals surface area contributed by atoms with Gasteiger partial charge in [-0.1, -0.05) is 67.9 Å². The number of hydrogen-bond acceptors (Lipinski definition) is 13. The zero-order valence-corrected chi connectivity index (χ0v) is 41.2. The fraction of sp³-hybridized carbons (Fsp3) is 0.774. The first kappa shape index (κ1) is 47.4. The number of ketones is 1. The third-order valence-corrected chi connectivity index (χ3v) is 24.9. The molecule has 5 heterocycles. The van der Waals surface area contributed by atoms with Gasteiger partial charge in [-0.3, -0.25) is 9.59 Å². The Labute approximate surface area is 402 Å². The fourth-order valence-corrected chi connectivity index (χ4v) is 21.9. The summed E-state index contributed by atoms with van der Waals surface area (Å²) >= 11 is 0.